The van der Waals surface area contributed by atoms with Crippen LogP contribution in [0.15, 0.2) is 36.4 Å². The third kappa shape index (κ3) is 3.38. The van der Waals surface area contributed by atoms with E-state index in [4.69, 9.17) is 0 Å². The van der Waals surface area contributed by atoms with Crippen LogP contribution in [0.2, 0.25) is 0 Å². The van der Waals surface area contributed by atoms with Crippen molar-refractivity contribution >= 4 is 22.9 Å². The van der Waals surface area contributed by atoms with Gasteiger partial charge in [-0.2, -0.15) is 5.10 Å². The number of aromatic nitrogens is 2. The molecule has 0 saturated heterocycles. The van der Waals surface area contributed by atoms with E-state index in [-0.39, 0.29) is 11.7 Å². The van der Waals surface area contributed by atoms with E-state index in [1.165, 1.54) is 23.5 Å². The first-order valence-corrected chi connectivity index (χ1v) is 8.42. The van der Waals surface area contributed by atoms with E-state index in [0.717, 1.165) is 21.8 Å². The van der Waals surface area contributed by atoms with Crippen LogP contribution in [0.4, 0.5) is 10.1 Å². The number of thiophene rings is 1. The summed E-state index contributed by atoms with van der Waals surface area (Å²) >= 11 is 1.46. The molecule has 2 heterocycles. The summed E-state index contributed by atoms with van der Waals surface area (Å²) in [6.07, 6.45) is 0. The van der Waals surface area contributed by atoms with Gasteiger partial charge in [0.1, 0.15) is 5.82 Å². The van der Waals surface area contributed by atoms with E-state index in [1.807, 2.05) is 39.0 Å². The molecule has 124 valence electrons. The zero-order valence-corrected chi connectivity index (χ0v) is 14.6. The van der Waals surface area contributed by atoms with Crippen LogP contribution in [-0.4, -0.2) is 15.7 Å². The molecule has 2 aromatic heterocycles. The number of hydrogen-bond acceptors (Lipinski definition) is 3. The maximum absolute atomic E-state index is 13.3. The average molecular weight is 343 g/mol. The van der Waals surface area contributed by atoms with Gasteiger partial charge in [0.2, 0.25) is 0 Å². The number of hydrogen-bond donors (Lipinski definition) is 1. The number of carbonyl (C=O) groups is 1. The van der Waals surface area contributed by atoms with Crippen molar-refractivity contribution < 1.29 is 9.18 Å². The Kier molecular flexibility index (Phi) is 4.49. The summed E-state index contributed by atoms with van der Waals surface area (Å²) < 4.78 is 15.1. The molecule has 0 unspecified atom stereocenters. The van der Waals surface area contributed by atoms with Crippen LogP contribution in [0.5, 0.6) is 0 Å². The molecule has 1 N–H and O–H groups in total. The van der Waals surface area contributed by atoms with Crippen molar-refractivity contribution in [2.45, 2.75) is 27.3 Å². The number of nitrogens with zero attached hydrogens (tertiary/aromatic N) is 2. The van der Waals surface area contributed by atoms with Crippen molar-refractivity contribution in [3.8, 4) is 0 Å². The van der Waals surface area contributed by atoms with Crippen molar-refractivity contribution in [1.82, 2.24) is 9.78 Å². The van der Waals surface area contributed by atoms with Crippen molar-refractivity contribution in [2.75, 3.05) is 5.32 Å². The van der Waals surface area contributed by atoms with Gasteiger partial charge >= 0.3 is 0 Å². The monoisotopic (exact) mass is 343 g/mol. The summed E-state index contributed by atoms with van der Waals surface area (Å²) in [5.74, 6) is -0.403. The largest absolute Gasteiger partial charge is 0.318 e. The summed E-state index contributed by atoms with van der Waals surface area (Å²) in [5.41, 5.74) is 3.12. The fourth-order valence-electron chi connectivity index (χ4n) is 2.57. The van der Waals surface area contributed by atoms with Crippen LogP contribution in [0.25, 0.3) is 0 Å². The normalized spacial score (nSPS) is 10.8. The number of rotatable bonds is 4. The van der Waals surface area contributed by atoms with Gasteiger partial charge in [-0.1, -0.05) is 12.1 Å². The molecule has 24 heavy (non-hydrogen) atoms. The van der Waals surface area contributed by atoms with E-state index in [2.05, 4.69) is 10.4 Å². The Labute approximate surface area is 143 Å². The third-order valence-corrected chi connectivity index (χ3v) is 4.80. The van der Waals surface area contributed by atoms with E-state index in [0.29, 0.717) is 17.1 Å². The molecule has 0 aliphatic carbocycles. The van der Waals surface area contributed by atoms with E-state index in [1.54, 1.807) is 10.7 Å². The predicted octanol–water partition coefficient (Wildman–Crippen LogP) is 4.31. The van der Waals surface area contributed by atoms with Crippen LogP contribution in [0.1, 0.15) is 31.5 Å². The standard InChI is InChI=1S/C18H18FN3OS/c1-11-7-8-16(24-11)18(23)20-17-12(2)21-22(13(17)3)10-14-5-4-6-15(19)9-14/h4-9H,10H2,1-3H3,(H,20,23). The van der Waals surface area contributed by atoms with Gasteiger partial charge in [0.25, 0.3) is 5.91 Å². The highest BCUT2D eigenvalue weighted by Crippen LogP contribution is 2.23. The highest BCUT2D eigenvalue weighted by molar-refractivity contribution is 7.14. The van der Waals surface area contributed by atoms with E-state index in [9.17, 15) is 9.18 Å². The molecule has 0 aliphatic rings. The number of anilines is 1. The molecule has 3 rings (SSSR count). The molecule has 0 saturated carbocycles. The zero-order chi connectivity index (χ0) is 17.3. The fraction of sp³-hybridized carbons (Fsp3) is 0.222. The maximum Gasteiger partial charge on any atom is 0.265 e. The van der Waals surface area contributed by atoms with Crippen molar-refractivity contribution in [3.05, 3.63) is 68.9 Å². The molecular weight excluding hydrogens is 325 g/mol. The second kappa shape index (κ2) is 6.57. The van der Waals surface area contributed by atoms with Crippen molar-refractivity contribution in [1.29, 1.82) is 0 Å². The lowest BCUT2D eigenvalue weighted by molar-refractivity contribution is 0.103. The number of benzene rings is 1. The Morgan fingerprint density at radius 2 is 2.04 bits per heavy atom. The Hall–Kier alpha value is -2.47. The number of aryl methyl sites for hydroxylation is 2. The van der Waals surface area contributed by atoms with Crippen LogP contribution in [-0.2, 0) is 6.54 Å². The number of nitrogens with one attached hydrogen (secondary N) is 1. The first kappa shape index (κ1) is 16.4. The van der Waals surface area contributed by atoms with Crippen LogP contribution in [0.3, 0.4) is 0 Å². The molecule has 0 spiro atoms. The highest BCUT2D eigenvalue weighted by atomic mass is 32.1. The summed E-state index contributed by atoms with van der Waals surface area (Å²) in [5, 5.41) is 7.41. The molecular formula is C18H18FN3OS. The van der Waals surface area contributed by atoms with E-state index < -0.39 is 0 Å². The van der Waals surface area contributed by atoms with Gasteiger partial charge < -0.3 is 5.32 Å². The Morgan fingerprint density at radius 1 is 1.25 bits per heavy atom. The molecule has 6 heteroatoms. The molecule has 1 amide bonds. The lowest BCUT2D eigenvalue weighted by atomic mass is 10.2. The highest BCUT2D eigenvalue weighted by Gasteiger charge is 2.16. The average Bonchev–Trinajstić information content (AvgIpc) is 3.07. The molecule has 0 atom stereocenters. The first-order chi connectivity index (χ1) is 11.4. The van der Waals surface area contributed by atoms with E-state index >= 15 is 0 Å². The minimum absolute atomic E-state index is 0.135. The molecule has 1 aromatic carbocycles. The minimum Gasteiger partial charge on any atom is -0.318 e. The predicted molar refractivity (Wildman–Crippen MR) is 94.2 cm³/mol. The smallest absolute Gasteiger partial charge is 0.265 e. The fourth-order valence-corrected chi connectivity index (χ4v) is 3.33. The lowest BCUT2D eigenvalue weighted by Gasteiger charge is -2.07. The summed E-state index contributed by atoms with van der Waals surface area (Å²) in [7, 11) is 0. The Morgan fingerprint density at radius 3 is 2.71 bits per heavy atom. The van der Waals surface area contributed by atoms with Gasteiger partial charge in [0.05, 0.1) is 28.5 Å². The summed E-state index contributed by atoms with van der Waals surface area (Å²) in [6.45, 7) is 6.17. The number of carbonyl (C=O) groups excluding carboxylic acids is 1. The van der Waals surface area contributed by atoms with Gasteiger partial charge in [-0.15, -0.1) is 11.3 Å². The third-order valence-electron chi connectivity index (χ3n) is 3.81. The minimum atomic E-state index is -0.268. The van der Waals surface area contributed by atoms with Gasteiger partial charge in [-0.05, 0) is 50.6 Å². The number of amides is 1. The lowest BCUT2D eigenvalue weighted by Crippen LogP contribution is -2.12. The second-order valence-electron chi connectivity index (χ2n) is 5.70. The topological polar surface area (TPSA) is 46.9 Å². The van der Waals surface area contributed by atoms with Gasteiger partial charge in [0, 0.05) is 4.88 Å². The Bertz CT molecular complexity index is 898. The maximum atomic E-state index is 13.3. The van der Waals surface area contributed by atoms with Gasteiger partial charge in [-0.25, -0.2) is 4.39 Å². The van der Waals surface area contributed by atoms with Gasteiger partial charge in [-0.3, -0.25) is 9.48 Å². The van der Waals surface area contributed by atoms with Gasteiger partial charge in [0.15, 0.2) is 0 Å². The quantitative estimate of drug-likeness (QED) is 0.767. The second-order valence-corrected chi connectivity index (χ2v) is 6.99. The van der Waals surface area contributed by atoms with Crippen LogP contribution >= 0.6 is 11.3 Å². The summed E-state index contributed by atoms with van der Waals surface area (Å²) in [4.78, 5) is 14.1. The summed E-state index contributed by atoms with van der Waals surface area (Å²) in [6, 6.07) is 10.2. The Balaban J connectivity index is 1.82. The molecule has 3 aromatic rings. The van der Waals surface area contributed by atoms with Crippen molar-refractivity contribution in [2.24, 2.45) is 0 Å². The zero-order valence-electron chi connectivity index (χ0n) is 13.8. The first-order valence-electron chi connectivity index (χ1n) is 7.60. The molecule has 0 radical (unpaired) electrons. The molecule has 4 nitrogen and oxygen atoms in total. The van der Waals surface area contributed by atoms with Crippen molar-refractivity contribution in [3.63, 3.8) is 0 Å². The molecule has 0 fully saturated rings. The number of halogens is 1. The molecule has 0 bridgehead atoms. The van der Waals surface area contributed by atoms with Crippen LogP contribution < -0.4 is 5.32 Å². The molecule has 0 aliphatic heterocycles. The van der Waals surface area contributed by atoms with Crippen LogP contribution in [0, 0.1) is 26.6 Å². The SMILES string of the molecule is Cc1ccc(C(=O)Nc2c(C)nn(Cc3cccc(F)c3)c2C)s1.